The van der Waals surface area contributed by atoms with Gasteiger partial charge in [-0.2, -0.15) is 0 Å². The largest absolute Gasteiger partial charge is 0.377 e. The summed E-state index contributed by atoms with van der Waals surface area (Å²) in [6.07, 6.45) is 1.56. The van der Waals surface area contributed by atoms with Gasteiger partial charge in [-0.25, -0.2) is 18.1 Å². The number of aromatic amines is 1. The Balaban J connectivity index is 1.49. The molecule has 4 rings (SSSR count). The molecule has 1 aromatic heterocycles. The summed E-state index contributed by atoms with van der Waals surface area (Å²) in [5.41, 5.74) is 1.86. The van der Waals surface area contributed by atoms with Gasteiger partial charge < -0.3 is 15.0 Å². The molecule has 31 heavy (non-hydrogen) atoms. The van der Waals surface area contributed by atoms with Crippen LogP contribution in [0.5, 0.6) is 0 Å². The highest BCUT2D eigenvalue weighted by Gasteiger charge is 2.24. The van der Waals surface area contributed by atoms with Gasteiger partial charge in [0.1, 0.15) is 10.7 Å². The number of hydrogen-bond acceptors (Lipinski definition) is 5. The molecule has 0 aliphatic carbocycles. The Kier molecular flexibility index (Phi) is 6.29. The summed E-state index contributed by atoms with van der Waals surface area (Å²) in [7, 11) is -3.89. The highest BCUT2D eigenvalue weighted by molar-refractivity contribution is 7.89. The number of benzene rings is 2. The fourth-order valence-electron chi connectivity index (χ4n) is 3.46. The lowest BCUT2D eigenvalue weighted by atomic mass is 10.2. The number of fused-ring (bicyclic) bond motifs is 1. The molecule has 1 amide bonds. The van der Waals surface area contributed by atoms with E-state index >= 15 is 0 Å². The SMILES string of the molecule is C[C@H](NC(=O)c1ccc(Cl)c(S(=O)(=O)NC[C@H]2CCCO2)c1)c1nc2ccccc2[nH]1. The maximum atomic E-state index is 12.8. The van der Waals surface area contributed by atoms with Crippen LogP contribution in [0.4, 0.5) is 0 Å². The van der Waals surface area contributed by atoms with Crippen LogP contribution in [-0.2, 0) is 14.8 Å². The number of halogens is 1. The molecule has 3 aromatic rings. The zero-order valence-corrected chi connectivity index (χ0v) is 18.5. The van der Waals surface area contributed by atoms with Gasteiger partial charge >= 0.3 is 0 Å². The lowest BCUT2D eigenvalue weighted by molar-refractivity contribution is 0.0938. The van der Waals surface area contributed by atoms with Gasteiger partial charge in [0, 0.05) is 18.7 Å². The average Bonchev–Trinajstić information content (AvgIpc) is 3.42. The number of para-hydroxylation sites is 2. The zero-order valence-electron chi connectivity index (χ0n) is 16.9. The maximum Gasteiger partial charge on any atom is 0.251 e. The number of rotatable bonds is 7. The minimum absolute atomic E-state index is 0.0433. The normalized spacial score (nSPS) is 17.7. The van der Waals surface area contributed by atoms with Gasteiger partial charge in [-0.3, -0.25) is 4.79 Å². The molecular weight excluding hydrogens is 440 g/mol. The third-order valence-corrected chi connectivity index (χ3v) is 7.08. The number of nitrogens with one attached hydrogen (secondary N) is 3. The van der Waals surface area contributed by atoms with Crippen molar-refractivity contribution in [3.63, 3.8) is 0 Å². The topological polar surface area (TPSA) is 113 Å². The van der Waals surface area contributed by atoms with Gasteiger partial charge in [-0.1, -0.05) is 23.7 Å². The lowest BCUT2D eigenvalue weighted by Crippen LogP contribution is -2.32. The van der Waals surface area contributed by atoms with E-state index in [4.69, 9.17) is 16.3 Å². The summed E-state index contributed by atoms with van der Waals surface area (Å²) in [5.74, 6) is 0.176. The molecule has 1 aliphatic rings. The Morgan fingerprint density at radius 2 is 2.13 bits per heavy atom. The van der Waals surface area contributed by atoms with Crippen LogP contribution in [0.1, 0.15) is 42.0 Å². The predicted molar refractivity (Wildman–Crippen MR) is 118 cm³/mol. The van der Waals surface area contributed by atoms with Crippen LogP contribution in [0.15, 0.2) is 47.4 Å². The summed E-state index contributed by atoms with van der Waals surface area (Å²) in [4.78, 5) is 20.3. The molecule has 2 aromatic carbocycles. The number of aromatic nitrogens is 2. The van der Waals surface area contributed by atoms with Crippen molar-refractivity contribution < 1.29 is 17.9 Å². The Bertz CT molecular complexity index is 1170. The molecule has 0 spiro atoms. The van der Waals surface area contributed by atoms with Crippen molar-refractivity contribution in [3.8, 4) is 0 Å². The molecule has 1 aliphatic heterocycles. The molecule has 0 bridgehead atoms. The number of ether oxygens (including phenoxy) is 1. The van der Waals surface area contributed by atoms with E-state index in [9.17, 15) is 13.2 Å². The molecule has 8 nitrogen and oxygen atoms in total. The number of imidazole rings is 1. The molecule has 2 heterocycles. The van der Waals surface area contributed by atoms with E-state index in [1.807, 2.05) is 24.3 Å². The van der Waals surface area contributed by atoms with Crippen molar-refractivity contribution in [3.05, 3.63) is 58.9 Å². The number of amides is 1. The van der Waals surface area contributed by atoms with Crippen LogP contribution in [-0.4, -0.2) is 43.5 Å². The molecule has 0 saturated carbocycles. The summed E-state index contributed by atoms with van der Waals surface area (Å²) in [6, 6.07) is 11.3. The second kappa shape index (κ2) is 8.96. The zero-order chi connectivity index (χ0) is 22.0. The fraction of sp³-hybridized carbons (Fsp3) is 0.333. The van der Waals surface area contributed by atoms with Crippen LogP contribution in [0.2, 0.25) is 5.02 Å². The fourth-order valence-corrected chi connectivity index (χ4v) is 5.05. The second-order valence-corrected chi connectivity index (χ2v) is 9.61. The van der Waals surface area contributed by atoms with E-state index in [0.29, 0.717) is 12.4 Å². The van der Waals surface area contributed by atoms with E-state index in [1.165, 1.54) is 18.2 Å². The Morgan fingerprint density at radius 3 is 2.87 bits per heavy atom. The van der Waals surface area contributed by atoms with E-state index in [-0.39, 0.29) is 28.1 Å². The molecule has 0 radical (unpaired) electrons. The van der Waals surface area contributed by atoms with E-state index in [0.717, 1.165) is 23.9 Å². The van der Waals surface area contributed by atoms with Crippen LogP contribution >= 0.6 is 11.6 Å². The van der Waals surface area contributed by atoms with Crippen molar-refractivity contribution in [1.82, 2.24) is 20.0 Å². The van der Waals surface area contributed by atoms with Crippen LogP contribution < -0.4 is 10.0 Å². The standard InChI is InChI=1S/C21H23ClN4O4S/c1-13(20-25-17-6-2-3-7-18(17)26-20)24-21(27)14-8-9-16(22)19(11-14)31(28,29)23-12-15-5-4-10-30-15/h2-3,6-9,11,13,15,23H,4-5,10,12H2,1H3,(H,24,27)(H,25,26)/t13-,15+/m0/s1. The van der Waals surface area contributed by atoms with Gasteiger partial charge in [0.25, 0.3) is 5.91 Å². The van der Waals surface area contributed by atoms with E-state index in [1.54, 1.807) is 6.92 Å². The number of sulfonamides is 1. The Hall–Kier alpha value is -2.46. The van der Waals surface area contributed by atoms with Crippen molar-refractivity contribution in [2.45, 2.75) is 36.8 Å². The number of carbonyl (C=O) groups is 1. The maximum absolute atomic E-state index is 12.8. The number of carbonyl (C=O) groups excluding carboxylic acids is 1. The number of hydrogen-bond donors (Lipinski definition) is 3. The highest BCUT2D eigenvalue weighted by Crippen LogP contribution is 2.24. The van der Waals surface area contributed by atoms with Gasteiger partial charge in [0.2, 0.25) is 10.0 Å². The Labute approximate surface area is 185 Å². The van der Waals surface area contributed by atoms with Crippen LogP contribution in [0.25, 0.3) is 11.0 Å². The molecule has 164 valence electrons. The minimum atomic E-state index is -3.89. The molecule has 10 heteroatoms. The lowest BCUT2D eigenvalue weighted by Gasteiger charge is -2.14. The van der Waals surface area contributed by atoms with Crippen LogP contribution in [0, 0.1) is 0 Å². The first-order chi connectivity index (χ1) is 14.8. The summed E-state index contributed by atoms with van der Waals surface area (Å²) >= 11 is 6.13. The Morgan fingerprint density at radius 1 is 1.32 bits per heavy atom. The molecule has 1 saturated heterocycles. The first-order valence-electron chi connectivity index (χ1n) is 10.00. The van der Waals surface area contributed by atoms with Gasteiger partial charge in [-0.15, -0.1) is 0 Å². The first kappa shape index (κ1) is 21.8. The predicted octanol–water partition coefficient (Wildman–Crippen LogP) is 3.16. The van der Waals surface area contributed by atoms with Crippen molar-refractivity contribution in [2.24, 2.45) is 0 Å². The summed E-state index contributed by atoms with van der Waals surface area (Å²) in [5, 5.41) is 2.88. The summed E-state index contributed by atoms with van der Waals surface area (Å²) in [6.45, 7) is 2.59. The van der Waals surface area contributed by atoms with Gasteiger partial charge in [-0.05, 0) is 50.1 Å². The number of H-pyrrole nitrogens is 1. The third-order valence-electron chi connectivity index (χ3n) is 5.17. The molecule has 1 fully saturated rings. The van der Waals surface area contributed by atoms with Crippen molar-refractivity contribution >= 4 is 38.6 Å². The summed E-state index contributed by atoms with van der Waals surface area (Å²) < 4.78 is 33.4. The first-order valence-corrected chi connectivity index (χ1v) is 11.9. The third kappa shape index (κ3) is 4.90. The smallest absolute Gasteiger partial charge is 0.251 e. The van der Waals surface area contributed by atoms with Crippen molar-refractivity contribution in [1.29, 1.82) is 0 Å². The van der Waals surface area contributed by atoms with Crippen molar-refractivity contribution in [2.75, 3.05) is 13.2 Å². The van der Waals surface area contributed by atoms with Gasteiger partial charge in [0.15, 0.2) is 0 Å². The number of nitrogens with zero attached hydrogens (tertiary/aromatic N) is 1. The highest BCUT2D eigenvalue weighted by atomic mass is 35.5. The molecule has 3 N–H and O–H groups in total. The van der Waals surface area contributed by atoms with Gasteiger partial charge in [0.05, 0.1) is 28.2 Å². The van der Waals surface area contributed by atoms with E-state index in [2.05, 4.69) is 20.0 Å². The van der Waals surface area contributed by atoms with Crippen LogP contribution in [0.3, 0.4) is 0 Å². The molecule has 0 unspecified atom stereocenters. The minimum Gasteiger partial charge on any atom is -0.377 e. The molecule has 2 atom stereocenters. The second-order valence-electron chi connectivity index (χ2n) is 7.47. The average molecular weight is 463 g/mol. The monoisotopic (exact) mass is 462 g/mol. The molecular formula is C21H23ClN4O4S. The quantitative estimate of drug-likeness (QED) is 0.499. The van der Waals surface area contributed by atoms with E-state index < -0.39 is 22.0 Å².